The molecule has 27 heavy (non-hydrogen) atoms. The largest absolute Gasteiger partial charge is 0.359 e. The van der Waals surface area contributed by atoms with Crippen molar-refractivity contribution in [3.05, 3.63) is 51.3 Å². The number of fused-ring (bicyclic) bond motifs is 4. The summed E-state index contributed by atoms with van der Waals surface area (Å²) in [6, 6.07) is 5.43. The second-order valence-electron chi connectivity index (χ2n) is 7.26. The van der Waals surface area contributed by atoms with Gasteiger partial charge in [-0.25, -0.2) is 0 Å². The fourth-order valence-electron chi connectivity index (χ4n) is 4.04. The van der Waals surface area contributed by atoms with E-state index in [0.29, 0.717) is 24.1 Å². The number of aromatic nitrogens is 2. The molecule has 2 aromatic rings. The average Bonchev–Trinajstić information content (AvgIpc) is 3.09. The summed E-state index contributed by atoms with van der Waals surface area (Å²) in [5.41, 5.74) is 1.91. The molecule has 1 amide bonds. The van der Waals surface area contributed by atoms with Crippen LogP contribution < -0.4 is 16.2 Å². The molecule has 2 bridgehead atoms. The standard InChI is InChI=1S/C19H24N4O3.ClH/c1-2-3-14-7-15(26-22-14)10-21-18(24)16-4-5-17-13-6-12(8-20-9-13)11-23(17)19(16)25;/h4-5,7,12-13,20H,2-3,6,8-11H2,1H3,(H,21,24);1H/t12-,13+;/m0./s1. The maximum absolute atomic E-state index is 12.8. The summed E-state index contributed by atoms with van der Waals surface area (Å²) >= 11 is 0. The maximum Gasteiger partial charge on any atom is 0.263 e. The lowest BCUT2D eigenvalue weighted by atomic mass is 9.84. The third-order valence-electron chi connectivity index (χ3n) is 5.29. The van der Waals surface area contributed by atoms with E-state index in [1.165, 1.54) is 0 Å². The minimum Gasteiger partial charge on any atom is -0.359 e. The first kappa shape index (κ1) is 19.6. The molecule has 0 unspecified atom stereocenters. The van der Waals surface area contributed by atoms with Gasteiger partial charge >= 0.3 is 0 Å². The van der Waals surface area contributed by atoms with Gasteiger partial charge in [-0.05, 0) is 37.4 Å². The fraction of sp³-hybridized carbons (Fsp3) is 0.526. The lowest BCUT2D eigenvalue weighted by Gasteiger charge is -2.37. The monoisotopic (exact) mass is 392 g/mol. The lowest BCUT2D eigenvalue weighted by molar-refractivity contribution is 0.0944. The van der Waals surface area contributed by atoms with E-state index < -0.39 is 0 Å². The molecule has 1 saturated heterocycles. The van der Waals surface area contributed by atoms with Crippen LogP contribution in [0.2, 0.25) is 0 Å². The van der Waals surface area contributed by atoms with Crippen LogP contribution >= 0.6 is 12.4 Å². The summed E-state index contributed by atoms with van der Waals surface area (Å²) in [7, 11) is 0. The minimum atomic E-state index is -0.368. The SMILES string of the molecule is CCCc1cc(CNC(=O)c2ccc3n(c2=O)C[C@@H]2CNC[C@H]3C2)on1.Cl. The Balaban J connectivity index is 0.00000210. The van der Waals surface area contributed by atoms with Crippen LogP contribution in [0.25, 0.3) is 0 Å². The van der Waals surface area contributed by atoms with Gasteiger partial charge in [-0.3, -0.25) is 9.59 Å². The number of carbonyl (C=O) groups is 1. The van der Waals surface area contributed by atoms with E-state index in [1.54, 1.807) is 10.6 Å². The van der Waals surface area contributed by atoms with Gasteiger partial charge in [-0.1, -0.05) is 18.5 Å². The van der Waals surface area contributed by atoms with Crippen LogP contribution in [0.4, 0.5) is 0 Å². The Morgan fingerprint density at radius 2 is 2.26 bits per heavy atom. The van der Waals surface area contributed by atoms with Crippen molar-refractivity contribution in [2.45, 2.75) is 45.2 Å². The number of amides is 1. The van der Waals surface area contributed by atoms with E-state index in [0.717, 1.165) is 43.7 Å². The van der Waals surface area contributed by atoms with Crippen LogP contribution in [0, 0.1) is 5.92 Å². The number of nitrogens with one attached hydrogen (secondary N) is 2. The van der Waals surface area contributed by atoms with E-state index in [4.69, 9.17) is 4.52 Å². The quantitative estimate of drug-likeness (QED) is 0.810. The molecule has 4 heterocycles. The van der Waals surface area contributed by atoms with Crippen molar-refractivity contribution in [3.63, 3.8) is 0 Å². The van der Waals surface area contributed by atoms with Gasteiger partial charge in [0.15, 0.2) is 5.76 Å². The molecule has 7 nitrogen and oxygen atoms in total. The highest BCUT2D eigenvalue weighted by molar-refractivity contribution is 5.93. The number of carbonyl (C=O) groups excluding carboxylic acids is 1. The summed E-state index contributed by atoms with van der Waals surface area (Å²) in [6.07, 6.45) is 2.95. The predicted molar refractivity (Wildman–Crippen MR) is 103 cm³/mol. The topological polar surface area (TPSA) is 89.2 Å². The number of nitrogens with zero attached hydrogens (tertiary/aromatic N) is 2. The van der Waals surface area contributed by atoms with Gasteiger partial charge in [0.2, 0.25) is 0 Å². The normalized spacial score (nSPS) is 20.5. The minimum absolute atomic E-state index is 0. The van der Waals surface area contributed by atoms with Gasteiger partial charge in [-0.2, -0.15) is 0 Å². The van der Waals surface area contributed by atoms with Gasteiger partial charge in [0, 0.05) is 30.8 Å². The van der Waals surface area contributed by atoms with E-state index in [-0.39, 0.29) is 36.0 Å². The number of hydrogen-bond donors (Lipinski definition) is 2. The molecule has 4 rings (SSSR count). The number of hydrogen-bond acceptors (Lipinski definition) is 5. The molecule has 0 saturated carbocycles. The van der Waals surface area contributed by atoms with Crippen molar-refractivity contribution in [3.8, 4) is 0 Å². The first-order valence-corrected chi connectivity index (χ1v) is 9.32. The van der Waals surface area contributed by atoms with Crippen LogP contribution in [0.3, 0.4) is 0 Å². The van der Waals surface area contributed by atoms with Crippen molar-refractivity contribution < 1.29 is 9.32 Å². The van der Waals surface area contributed by atoms with E-state index in [9.17, 15) is 9.59 Å². The molecule has 0 radical (unpaired) electrons. The summed E-state index contributed by atoms with van der Waals surface area (Å²) in [4.78, 5) is 25.3. The van der Waals surface area contributed by atoms with Crippen molar-refractivity contribution >= 4 is 18.3 Å². The molecule has 2 aliphatic rings. The highest BCUT2D eigenvalue weighted by Gasteiger charge is 2.31. The molecule has 2 aliphatic heterocycles. The van der Waals surface area contributed by atoms with Crippen LogP contribution in [0.1, 0.15) is 53.2 Å². The summed E-state index contributed by atoms with van der Waals surface area (Å²) in [5.74, 6) is 1.05. The second-order valence-corrected chi connectivity index (χ2v) is 7.26. The Kier molecular flexibility index (Phi) is 6.01. The van der Waals surface area contributed by atoms with Crippen molar-refractivity contribution in [1.29, 1.82) is 0 Å². The van der Waals surface area contributed by atoms with Gasteiger partial charge in [-0.15, -0.1) is 12.4 Å². The Labute approximate surface area is 163 Å². The van der Waals surface area contributed by atoms with Crippen molar-refractivity contribution in [1.82, 2.24) is 20.4 Å². The molecule has 2 N–H and O–H groups in total. The molecule has 8 heteroatoms. The van der Waals surface area contributed by atoms with E-state index >= 15 is 0 Å². The zero-order chi connectivity index (χ0) is 18.1. The lowest BCUT2D eigenvalue weighted by Crippen LogP contribution is -2.46. The second kappa shape index (κ2) is 8.27. The molecule has 1 fully saturated rings. The van der Waals surface area contributed by atoms with E-state index in [2.05, 4.69) is 22.7 Å². The number of rotatable bonds is 5. The van der Waals surface area contributed by atoms with Gasteiger partial charge < -0.3 is 19.7 Å². The van der Waals surface area contributed by atoms with Crippen LogP contribution in [-0.2, 0) is 19.5 Å². The number of halogens is 1. The molecule has 146 valence electrons. The maximum atomic E-state index is 12.8. The first-order valence-electron chi connectivity index (χ1n) is 9.32. The number of piperidine rings is 1. The third-order valence-corrected chi connectivity index (χ3v) is 5.29. The summed E-state index contributed by atoms with van der Waals surface area (Å²) in [5, 5.41) is 10.2. The van der Waals surface area contributed by atoms with Gasteiger partial charge in [0.1, 0.15) is 5.56 Å². The molecule has 0 aromatic carbocycles. The van der Waals surface area contributed by atoms with Crippen LogP contribution in [0.5, 0.6) is 0 Å². The first-order chi connectivity index (χ1) is 12.7. The molecule has 0 spiro atoms. The number of pyridine rings is 1. The zero-order valence-corrected chi connectivity index (χ0v) is 16.2. The number of aryl methyl sites for hydroxylation is 1. The Hall–Kier alpha value is -2.12. The molecule has 0 aliphatic carbocycles. The van der Waals surface area contributed by atoms with E-state index in [1.807, 2.05) is 12.1 Å². The van der Waals surface area contributed by atoms with Crippen molar-refractivity contribution in [2.24, 2.45) is 5.92 Å². The highest BCUT2D eigenvalue weighted by Crippen LogP contribution is 2.31. The predicted octanol–water partition coefficient (Wildman–Crippen LogP) is 1.85. The fourth-order valence-corrected chi connectivity index (χ4v) is 4.04. The molecular weight excluding hydrogens is 368 g/mol. The average molecular weight is 393 g/mol. The molecule has 2 atom stereocenters. The Morgan fingerprint density at radius 1 is 1.41 bits per heavy atom. The van der Waals surface area contributed by atoms with Gasteiger partial charge in [0.25, 0.3) is 11.5 Å². The smallest absolute Gasteiger partial charge is 0.263 e. The van der Waals surface area contributed by atoms with Crippen LogP contribution in [-0.4, -0.2) is 28.7 Å². The van der Waals surface area contributed by atoms with Crippen LogP contribution in [0.15, 0.2) is 27.5 Å². The van der Waals surface area contributed by atoms with Crippen molar-refractivity contribution in [2.75, 3.05) is 13.1 Å². The zero-order valence-electron chi connectivity index (χ0n) is 15.4. The molecule has 2 aromatic heterocycles. The van der Waals surface area contributed by atoms with Gasteiger partial charge in [0.05, 0.1) is 12.2 Å². The summed E-state index contributed by atoms with van der Waals surface area (Å²) < 4.78 is 7.01. The Morgan fingerprint density at radius 3 is 3.07 bits per heavy atom. The highest BCUT2D eigenvalue weighted by atomic mass is 35.5. The Bertz CT molecular complexity index is 876. The summed E-state index contributed by atoms with van der Waals surface area (Å²) in [6.45, 7) is 4.81. The third kappa shape index (κ3) is 3.94. The molecular formula is C19H25ClN4O3.